The van der Waals surface area contributed by atoms with Gasteiger partial charge in [0.1, 0.15) is 0 Å². The van der Waals surface area contributed by atoms with Crippen molar-refractivity contribution in [3.63, 3.8) is 0 Å². The Balaban J connectivity index is 1.53. The van der Waals surface area contributed by atoms with E-state index in [0.29, 0.717) is 18.0 Å². The van der Waals surface area contributed by atoms with Gasteiger partial charge in [-0.25, -0.2) is 0 Å². The number of β-amino-alcohol motifs (C(OH)–C–C–N with tert-alkyl or cyclic N) is 1. The third-order valence-electron chi connectivity index (χ3n) is 5.77. The molecule has 3 saturated heterocycles. The summed E-state index contributed by atoms with van der Waals surface area (Å²) in [4.78, 5) is 24.0. The number of carbonyl (C=O) groups is 1. The van der Waals surface area contributed by atoms with E-state index in [1.807, 2.05) is 17.0 Å². The summed E-state index contributed by atoms with van der Waals surface area (Å²) in [5, 5.41) is 10.2. The van der Waals surface area contributed by atoms with Crippen LogP contribution in [0.25, 0.3) is 0 Å². The number of rotatable bonds is 3. The molecule has 0 unspecified atom stereocenters. The molecule has 1 amide bonds. The normalized spacial score (nSPS) is 29.0. The van der Waals surface area contributed by atoms with Crippen molar-refractivity contribution in [1.82, 2.24) is 19.7 Å². The summed E-state index contributed by atoms with van der Waals surface area (Å²) in [5.74, 6) is 0.713. The highest BCUT2D eigenvalue weighted by atomic mass is 16.3. The van der Waals surface area contributed by atoms with Gasteiger partial charge in [0, 0.05) is 57.7 Å². The zero-order valence-electron chi connectivity index (χ0n) is 15.1. The molecule has 0 radical (unpaired) electrons. The van der Waals surface area contributed by atoms with Gasteiger partial charge in [0.2, 0.25) is 0 Å². The Labute approximate surface area is 149 Å². The van der Waals surface area contributed by atoms with Crippen LogP contribution in [0.5, 0.6) is 0 Å². The number of aromatic nitrogens is 1. The van der Waals surface area contributed by atoms with Crippen molar-refractivity contribution in [2.75, 3.05) is 39.3 Å². The highest BCUT2D eigenvalue weighted by Crippen LogP contribution is 2.39. The number of carbonyl (C=O) groups excluding carboxylic acids is 1. The molecule has 0 bridgehead atoms. The first-order valence-corrected chi connectivity index (χ1v) is 9.33. The van der Waals surface area contributed by atoms with E-state index < -0.39 is 0 Å². The molecule has 0 aromatic carbocycles. The SMILES string of the molecule is CC(C)CN1CC2(C1)CN(C(=O)c1cccnc1)C[C@@H]1C[C@@H](O)CN12. The van der Waals surface area contributed by atoms with E-state index in [-0.39, 0.29) is 23.6 Å². The van der Waals surface area contributed by atoms with Gasteiger partial charge in [-0.15, -0.1) is 0 Å². The van der Waals surface area contributed by atoms with Gasteiger partial charge in [-0.3, -0.25) is 19.6 Å². The summed E-state index contributed by atoms with van der Waals surface area (Å²) >= 11 is 0. The number of pyridine rings is 1. The zero-order chi connectivity index (χ0) is 17.6. The van der Waals surface area contributed by atoms with E-state index in [1.54, 1.807) is 12.4 Å². The molecule has 25 heavy (non-hydrogen) atoms. The van der Waals surface area contributed by atoms with E-state index in [9.17, 15) is 9.90 Å². The van der Waals surface area contributed by atoms with E-state index in [2.05, 4.69) is 28.6 Å². The molecule has 1 aromatic rings. The Kier molecular flexibility index (Phi) is 4.30. The maximum absolute atomic E-state index is 12.9. The number of aliphatic hydroxyl groups is 1. The minimum Gasteiger partial charge on any atom is -0.392 e. The molecule has 0 saturated carbocycles. The lowest BCUT2D eigenvalue weighted by Gasteiger charge is -2.61. The number of hydrogen-bond donors (Lipinski definition) is 1. The molecule has 4 heterocycles. The second-order valence-electron chi connectivity index (χ2n) is 8.41. The first-order valence-electron chi connectivity index (χ1n) is 9.33. The van der Waals surface area contributed by atoms with Gasteiger partial charge in [0.25, 0.3) is 5.91 Å². The minimum atomic E-state index is -0.269. The molecule has 1 aromatic heterocycles. The topological polar surface area (TPSA) is 59.9 Å². The molecule has 1 N–H and O–H groups in total. The maximum atomic E-state index is 12.9. The predicted molar refractivity (Wildman–Crippen MR) is 95.3 cm³/mol. The molecular formula is C19H28N4O2. The summed E-state index contributed by atoms with van der Waals surface area (Å²) < 4.78 is 0. The number of fused-ring (bicyclic) bond motifs is 2. The molecular weight excluding hydrogens is 316 g/mol. The Bertz CT molecular complexity index is 630. The Morgan fingerprint density at radius 1 is 1.36 bits per heavy atom. The lowest BCUT2D eigenvalue weighted by molar-refractivity contribution is -0.108. The quantitative estimate of drug-likeness (QED) is 0.874. The van der Waals surface area contributed by atoms with Gasteiger partial charge in [0.05, 0.1) is 17.2 Å². The second-order valence-corrected chi connectivity index (χ2v) is 8.41. The third-order valence-corrected chi connectivity index (χ3v) is 5.77. The van der Waals surface area contributed by atoms with Crippen LogP contribution in [-0.2, 0) is 0 Å². The van der Waals surface area contributed by atoms with E-state index >= 15 is 0 Å². The average Bonchev–Trinajstić information content (AvgIpc) is 2.93. The van der Waals surface area contributed by atoms with E-state index in [1.165, 1.54) is 0 Å². The van der Waals surface area contributed by atoms with Crippen LogP contribution < -0.4 is 0 Å². The first kappa shape index (κ1) is 16.9. The van der Waals surface area contributed by atoms with Crippen LogP contribution in [0.2, 0.25) is 0 Å². The summed E-state index contributed by atoms with van der Waals surface area (Å²) in [6, 6.07) is 3.92. The molecule has 3 aliphatic rings. The Morgan fingerprint density at radius 3 is 2.84 bits per heavy atom. The van der Waals surface area contributed by atoms with Crippen molar-refractivity contribution in [1.29, 1.82) is 0 Å². The number of hydrogen-bond acceptors (Lipinski definition) is 5. The highest BCUT2D eigenvalue weighted by Gasteiger charge is 2.56. The van der Waals surface area contributed by atoms with Gasteiger partial charge in [-0.2, -0.15) is 0 Å². The summed E-state index contributed by atoms with van der Waals surface area (Å²) in [5.41, 5.74) is 0.663. The Hall–Kier alpha value is -1.50. The van der Waals surface area contributed by atoms with Gasteiger partial charge >= 0.3 is 0 Å². The van der Waals surface area contributed by atoms with E-state index in [0.717, 1.165) is 39.1 Å². The van der Waals surface area contributed by atoms with Crippen LogP contribution in [0.3, 0.4) is 0 Å². The van der Waals surface area contributed by atoms with Crippen LogP contribution in [0.1, 0.15) is 30.6 Å². The highest BCUT2D eigenvalue weighted by molar-refractivity contribution is 5.94. The van der Waals surface area contributed by atoms with Crippen molar-refractivity contribution >= 4 is 5.91 Å². The molecule has 3 aliphatic heterocycles. The average molecular weight is 344 g/mol. The first-order chi connectivity index (χ1) is 12.0. The monoisotopic (exact) mass is 344 g/mol. The standard InChI is InChI=1S/C19H28N4O2/c1-14(2)8-21-11-19(12-21)13-22(9-16-6-17(24)10-23(16)19)18(25)15-4-3-5-20-7-15/h3-5,7,14,16-17,24H,6,8-13H2,1-2H3/t16-,17+/m0/s1. The predicted octanol–water partition coefficient (Wildman–Crippen LogP) is 0.683. The van der Waals surface area contributed by atoms with Crippen molar-refractivity contribution in [2.45, 2.75) is 38.0 Å². The molecule has 6 nitrogen and oxygen atoms in total. The van der Waals surface area contributed by atoms with E-state index in [4.69, 9.17) is 0 Å². The van der Waals surface area contributed by atoms with Crippen molar-refractivity contribution in [2.24, 2.45) is 5.92 Å². The zero-order valence-corrected chi connectivity index (χ0v) is 15.1. The molecule has 6 heteroatoms. The number of nitrogens with zero attached hydrogens (tertiary/aromatic N) is 4. The van der Waals surface area contributed by atoms with Crippen molar-refractivity contribution < 1.29 is 9.90 Å². The van der Waals surface area contributed by atoms with Crippen molar-refractivity contribution in [3.05, 3.63) is 30.1 Å². The summed E-state index contributed by atoms with van der Waals surface area (Å²) in [6.45, 7) is 9.76. The molecule has 136 valence electrons. The molecule has 3 fully saturated rings. The second kappa shape index (κ2) is 6.34. The number of piperazine rings is 1. The third kappa shape index (κ3) is 3.07. The van der Waals surface area contributed by atoms with Gasteiger partial charge in [-0.05, 0) is 24.5 Å². The lowest BCUT2D eigenvalue weighted by Crippen LogP contribution is -2.78. The fraction of sp³-hybridized carbons (Fsp3) is 0.684. The van der Waals surface area contributed by atoms with Crippen LogP contribution >= 0.6 is 0 Å². The lowest BCUT2D eigenvalue weighted by atomic mass is 9.83. The van der Waals surface area contributed by atoms with Crippen LogP contribution in [-0.4, -0.2) is 87.7 Å². The summed E-state index contributed by atoms with van der Waals surface area (Å²) in [7, 11) is 0. The van der Waals surface area contributed by atoms with Gasteiger partial charge in [-0.1, -0.05) is 13.8 Å². The number of amides is 1. The number of aliphatic hydroxyl groups excluding tert-OH is 1. The van der Waals surface area contributed by atoms with Gasteiger partial charge in [0.15, 0.2) is 0 Å². The fourth-order valence-electron chi connectivity index (χ4n) is 4.95. The number of likely N-dealkylation sites (tertiary alicyclic amines) is 1. The minimum absolute atomic E-state index is 0.00710. The van der Waals surface area contributed by atoms with Crippen LogP contribution in [0, 0.1) is 5.92 Å². The molecule has 4 rings (SSSR count). The smallest absolute Gasteiger partial charge is 0.255 e. The van der Waals surface area contributed by atoms with Crippen LogP contribution in [0.4, 0.5) is 0 Å². The van der Waals surface area contributed by atoms with Crippen LogP contribution in [0.15, 0.2) is 24.5 Å². The maximum Gasteiger partial charge on any atom is 0.255 e. The molecule has 0 aliphatic carbocycles. The molecule has 2 atom stereocenters. The molecule has 1 spiro atoms. The summed E-state index contributed by atoms with van der Waals surface area (Å²) in [6.07, 6.45) is 3.84. The fourth-order valence-corrected chi connectivity index (χ4v) is 4.95. The Morgan fingerprint density at radius 2 is 2.16 bits per heavy atom. The van der Waals surface area contributed by atoms with Crippen molar-refractivity contribution in [3.8, 4) is 0 Å². The van der Waals surface area contributed by atoms with Gasteiger partial charge < -0.3 is 10.0 Å². The largest absolute Gasteiger partial charge is 0.392 e.